The monoisotopic (exact) mass is 222 g/mol. The molecule has 0 spiro atoms. The number of fused-ring (bicyclic) bond motifs is 1. The Morgan fingerprint density at radius 3 is 2.88 bits per heavy atom. The van der Waals surface area contributed by atoms with Crippen molar-refractivity contribution in [2.45, 2.75) is 26.4 Å². The second-order valence-electron chi connectivity index (χ2n) is 3.62. The SMILES string of the molecule is CC[C@H](OC(C)=O)c1ccc2c(c1)OCO2. The smallest absolute Gasteiger partial charge is 0.303 e. The van der Waals surface area contributed by atoms with Crippen LogP contribution in [0, 0.1) is 0 Å². The molecule has 0 fully saturated rings. The highest BCUT2D eigenvalue weighted by atomic mass is 16.7. The summed E-state index contributed by atoms with van der Waals surface area (Å²) in [6.07, 6.45) is 0.520. The highest BCUT2D eigenvalue weighted by Gasteiger charge is 2.18. The van der Waals surface area contributed by atoms with Gasteiger partial charge in [-0.25, -0.2) is 0 Å². The predicted molar refractivity (Wildman–Crippen MR) is 57.4 cm³/mol. The molecular formula is C12H14O4. The van der Waals surface area contributed by atoms with Crippen LogP contribution in [0.5, 0.6) is 11.5 Å². The molecule has 4 nitrogen and oxygen atoms in total. The molecule has 1 aromatic rings. The van der Waals surface area contributed by atoms with Gasteiger partial charge in [0.1, 0.15) is 6.10 Å². The number of esters is 1. The van der Waals surface area contributed by atoms with E-state index in [9.17, 15) is 4.79 Å². The number of ether oxygens (including phenoxy) is 3. The molecule has 0 aliphatic carbocycles. The lowest BCUT2D eigenvalue weighted by Crippen LogP contribution is -2.07. The molecule has 0 amide bonds. The molecule has 0 N–H and O–H groups in total. The Balaban J connectivity index is 2.21. The molecule has 0 bridgehead atoms. The summed E-state index contributed by atoms with van der Waals surface area (Å²) in [6, 6.07) is 5.59. The number of carbonyl (C=O) groups excluding carboxylic acids is 1. The van der Waals surface area contributed by atoms with E-state index >= 15 is 0 Å². The van der Waals surface area contributed by atoms with E-state index in [1.54, 1.807) is 0 Å². The fourth-order valence-corrected chi connectivity index (χ4v) is 1.70. The number of carbonyl (C=O) groups is 1. The van der Waals surface area contributed by atoms with E-state index in [1.165, 1.54) is 6.92 Å². The van der Waals surface area contributed by atoms with Gasteiger partial charge in [0.2, 0.25) is 6.79 Å². The van der Waals surface area contributed by atoms with Gasteiger partial charge in [-0.1, -0.05) is 13.0 Å². The van der Waals surface area contributed by atoms with Crippen LogP contribution in [0.4, 0.5) is 0 Å². The van der Waals surface area contributed by atoms with Crippen LogP contribution in [0.15, 0.2) is 18.2 Å². The zero-order chi connectivity index (χ0) is 11.5. The third-order valence-electron chi connectivity index (χ3n) is 2.45. The minimum absolute atomic E-state index is 0.216. The van der Waals surface area contributed by atoms with Crippen molar-refractivity contribution in [3.05, 3.63) is 23.8 Å². The number of hydrogen-bond acceptors (Lipinski definition) is 4. The molecule has 0 radical (unpaired) electrons. The summed E-state index contributed by atoms with van der Waals surface area (Å²) < 4.78 is 15.7. The molecule has 0 saturated heterocycles. The summed E-state index contributed by atoms with van der Waals surface area (Å²) in [5.74, 6) is 1.18. The van der Waals surface area contributed by atoms with Crippen molar-refractivity contribution >= 4 is 5.97 Å². The van der Waals surface area contributed by atoms with Crippen LogP contribution in [0.2, 0.25) is 0 Å². The molecule has 1 aliphatic rings. The standard InChI is InChI=1S/C12H14O4/c1-3-10(16-8(2)13)9-4-5-11-12(6-9)15-7-14-11/h4-6,10H,3,7H2,1-2H3/t10-/m0/s1. The first-order valence-electron chi connectivity index (χ1n) is 5.27. The maximum Gasteiger partial charge on any atom is 0.303 e. The van der Waals surface area contributed by atoms with Crippen LogP contribution in [0.1, 0.15) is 31.9 Å². The Hall–Kier alpha value is -1.71. The van der Waals surface area contributed by atoms with Crippen molar-refractivity contribution in [2.24, 2.45) is 0 Å². The molecule has 1 aliphatic heterocycles. The van der Waals surface area contributed by atoms with Gasteiger partial charge in [0, 0.05) is 6.92 Å². The van der Waals surface area contributed by atoms with E-state index in [-0.39, 0.29) is 18.9 Å². The van der Waals surface area contributed by atoms with Gasteiger partial charge in [-0.2, -0.15) is 0 Å². The van der Waals surface area contributed by atoms with Gasteiger partial charge in [-0.05, 0) is 24.1 Å². The van der Waals surface area contributed by atoms with Crippen molar-refractivity contribution in [3.8, 4) is 11.5 Å². The van der Waals surface area contributed by atoms with Crippen molar-refractivity contribution in [1.29, 1.82) is 0 Å². The highest BCUT2D eigenvalue weighted by Crippen LogP contribution is 2.35. The van der Waals surface area contributed by atoms with Gasteiger partial charge in [0.25, 0.3) is 0 Å². The topological polar surface area (TPSA) is 44.8 Å². The normalized spacial score (nSPS) is 14.6. The zero-order valence-electron chi connectivity index (χ0n) is 9.36. The van der Waals surface area contributed by atoms with E-state index in [0.717, 1.165) is 17.7 Å². The minimum Gasteiger partial charge on any atom is -0.458 e. The quantitative estimate of drug-likeness (QED) is 0.737. The maximum absolute atomic E-state index is 10.9. The molecule has 0 saturated carbocycles. The molecule has 0 unspecified atom stereocenters. The van der Waals surface area contributed by atoms with Gasteiger partial charge in [0.15, 0.2) is 11.5 Å². The Labute approximate surface area is 94.1 Å². The fraction of sp³-hybridized carbons (Fsp3) is 0.417. The lowest BCUT2D eigenvalue weighted by molar-refractivity contribution is -0.146. The molecule has 86 valence electrons. The summed E-state index contributed by atoms with van der Waals surface area (Å²) in [5.41, 5.74) is 0.932. The molecule has 2 rings (SSSR count). The van der Waals surface area contributed by atoms with Gasteiger partial charge in [-0.3, -0.25) is 4.79 Å². The summed E-state index contributed by atoms with van der Waals surface area (Å²) in [7, 11) is 0. The number of rotatable bonds is 3. The lowest BCUT2D eigenvalue weighted by atomic mass is 10.1. The van der Waals surface area contributed by atoms with E-state index in [4.69, 9.17) is 14.2 Å². The summed E-state index contributed by atoms with van der Waals surface area (Å²) in [5, 5.41) is 0. The van der Waals surface area contributed by atoms with Crippen LogP contribution < -0.4 is 9.47 Å². The van der Waals surface area contributed by atoms with Crippen molar-refractivity contribution in [2.75, 3.05) is 6.79 Å². The van der Waals surface area contributed by atoms with Gasteiger partial charge < -0.3 is 14.2 Å². The predicted octanol–water partition coefficient (Wildman–Crippen LogP) is 2.43. The maximum atomic E-state index is 10.9. The summed E-state index contributed by atoms with van der Waals surface area (Å²) in [6.45, 7) is 3.64. The van der Waals surface area contributed by atoms with Gasteiger partial charge in [-0.15, -0.1) is 0 Å². The van der Waals surface area contributed by atoms with Gasteiger partial charge >= 0.3 is 5.97 Å². The third kappa shape index (κ3) is 2.10. The molecule has 16 heavy (non-hydrogen) atoms. The Kier molecular flexibility index (Phi) is 2.99. The second-order valence-corrected chi connectivity index (χ2v) is 3.62. The van der Waals surface area contributed by atoms with Crippen LogP contribution in [0.25, 0.3) is 0 Å². The highest BCUT2D eigenvalue weighted by molar-refractivity contribution is 5.66. The zero-order valence-corrected chi connectivity index (χ0v) is 9.36. The first kappa shape index (κ1) is 10.8. The Bertz CT molecular complexity index is 400. The van der Waals surface area contributed by atoms with Crippen molar-refractivity contribution in [1.82, 2.24) is 0 Å². The third-order valence-corrected chi connectivity index (χ3v) is 2.45. The first-order chi connectivity index (χ1) is 7.70. The largest absolute Gasteiger partial charge is 0.458 e. The summed E-state index contributed by atoms with van der Waals surface area (Å²) in [4.78, 5) is 10.9. The van der Waals surface area contributed by atoms with E-state index in [1.807, 2.05) is 25.1 Å². The molecule has 1 atom stereocenters. The van der Waals surface area contributed by atoms with Crippen molar-refractivity contribution in [3.63, 3.8) is 0 Å². The molecule has 0 aromatic heterocycles. The minimum atomic E-state index is -0.274. The van der Waals surface area contributed by atoms with Crippen LogP contribution >= 0.6 is 0 Å². The lowest BCUT2D eigenvalue weighted by Gasteiger charge is -2.15. The average molecular weight is 222 g/mol. The second kappa shape index (κ2) is 4.43. The fourth-order valence-electron chi connectivity index (χ4n) is 1.70. The first-order valence-corrected chi connectivity index (χ1v) is 5.27. The number of benzene rings is 1. The van der Waals surface area contributed by atoms with Crippen LogP contribution in [-0.2, 0) is 9.53 Å². The molecule has 1 aromatic carbocycles. The van der Waals surface area contributed by atoms with E-state index in [0.29, 0.717) is 5.75 Å². The summed E-state index contributed by atoms with van der Waals surface area (Å²) >= 11 is 0. The molecular weight excluding hydrogens is 208 g/mol. The average Bonchev–Trinajstić information content (AvgIpc) is 2.72. The van der Waals surface area contributed by atoms with Crippen LogP contribution in [0.3, 0.4) is 0 Å². The van der Waals surface area contributed by atoms with E-state index in [2.05, 4.69) is 0 Å². The van der Waals surface area contributed by atoms with Gasteiger partial charge in [0.05, 0.1) is 0 Å². The van der Waals surface area contributed by atoms with Crippen LogP contribution in [-0.4, -0.2) is 12.8 Å². The number of hydrogen-bond donors (Lipinski definition) is 0. The Morgan fingerprint density at radius 2 is 2.19 bits per heavy atom. The van der Waals surface area contributed by atoms with Crippen molar-refractivity contribution < 1.29 is 19.0 Å². The Morgan fingerprint density at radius 1 is 1.44 bits per heavy atom. The molecule has 4 heteroatoms. The van der Waals surface area contributed by atoms with E-state index < -0.39 is 0 Å². The molecule has 1 heterocycles.